The van der Waals surface area contributed by atoms with Gasteiger partial charge in [0.15, 0.2) is 0 Å². The first kappa shape index (κ1) is 16.1. The molecule has 0 bridgehead atoms. The Kier molecular flexibility index (Phi) is 4.82. The van der Waals surface area contributed by atoms with E-state index in [0.29, 0.717) is 11.3 Å². The molecule has 0 aliphatic carbocycles. The second kappa shape index (κ2) is 7.19. The lowest BCUT2D eigenvalue weighted by Gasteiger charge is -2.13. The molecule has 24 heavy (non-hydrogen) atoms. The van der Waals surface area contributed by atoms with Gasteiger partial charge in [0.1, 0.15) is 12.3 Å². The Morgan fingerprint density at radius 1 is 1.21 bits per heavy atom. The van der Waals surface area contributed by atoms with Crippen molar-refractivity contribution >= 4 is 16.8 Å². The predicted molar refractivity (Wildman–Crippen MR) is 92.9 cm³/mol. The van der Waals surface area contributed by atoms with Crippen LogP contribution in [0.3, 0.4) is 0 Å². The maximum absolute atomic E-state index is 12.1. The van der Waals surface area contributed by atoms with Gasteiger partial charge in [-0.05, 0) is 35.2 Å². The summed E-state index contributed by atoms with van der Waals surface area (Å²) in [6, 6.07) is 17.1. The van der Waals surface area contributed by atoms with Crippen molar-refractivity contribution in [1.29, 1.82) is 0 Å². The molecule has 0 aliphatic rings. The van der Waals surface area contributed by atoms with Gasteiger partial charge in [0.2, 0.25) is 5.91 Å². The number of hydrogen-bond acceptors (Lipinski definition) is 3. The topological polar surface area (TPSA) is 63.5 Å². The third-order valence-electron chi connectivity index (χ3n) is 3.97. The SMILES string of the molecule is COc1cccc(C(O)CNC(=O)Cn2ccc3ccccc32)c1. The number of para-hydroxylation sites is 1. The van der Waals surface area contributed by atoms with Gasteiger partial charge in [-0.1, -0.05) is 30.3 Å². The van der Waals surface area contributed by atoms with Crippen LogP contribution in [0.1, 0.15) is 11.7 Å². The van der Waals surface area contributed by atoms with Crippen molar-refractivity contribution in [1.82, 2.24) is 9.88 Å². The number of hydrogen-bond donors (Lipinski definition) is 2. The van der Waals surface area contributed by atoms with Gasteiger partial charge in [-0.3, -0.25) is 4.79 Å². The smallest absolute Gasteiger partial charge is 0.240 e. The molecule has 0 radical (unpaired) electrons. The number of rotatable bonds is 6. The maximum Gasteiger partial charge on any atom is 0.240 e. The molecule has 3 rings (SSSR count). The summed E-state index contributed by atoms with van der Waals surface area (Å²) < 4.78 is 7.03. The summed E-state index contributed by atoms with van der Waals surface area (Å²) in [4.78, 5) is 12.1. The summed E-state index contributed by atoms with van der Waals surface area (Å²) in [6.07, 6.45) is 1.12. The van der Waals surface area contributed by atoms with Gasteiger partial charge in [0.25, 0.3) is 0 Å². The van der Waals surface area contributed by atoms with Gasteiger partial charge in [-0.25, -0.2) is 0 Å². The number of amides is 1. The van der Waals surface area contributed by atoms with Gasteiger partial charge in [0, 0.05) is 18.3 Å². The van der Waals surface area contributed by atoms with Gasteiger partial charge < -0.3 is 19.7 Å². The van der Waals surface area contributed by atoms with Crippen molar-refractivity contribution in [2.24, 2.45) is 0 Å². The zero-order chi connectivity index (χ0) is 16.9. The van der Waals surface area contributed by atoms with Crippen LogP contribution in [0, 0.1) is 0 Å². The van der Waals surface area contributed by atoms with Gasteiger partial charge >= 0.3 is 0 Å². The average molecular weight is 324 g/mol. The quantitative estimate of drug-likeness (QED) is 0.732. The fourth-order valence-corrected chi connectivity index (χ4v) is 2.67. The molecule has 5 nitrogen and oxygen atoms in total. The van der Waals surface area contributed by atoms with E-state index in [-0.39, 0.29) is 19.0 Å². The van der Waals surface area contributed by atoms with E-state index < -0.39 is 6.10 Å². The summed E-state index contributed by atoms with van der Waals surface area (Å²) in [5.41, 5.74) is 1.72. The Hall–Kier alpha value is -2.79. The molecular formula is C19H20N2O3. The second-order valence-electron chi connectivity index (χ2n) is 5.60. The maximum atomic E-state index is 12.1. The second-order valence-corrected chi connectivity index (χ2v) is 5.60. The standard InChI is InChI=1S/C19H20N2O3/c1-24-16-7-4-6-15(11-16)18(22)12-20-19(23)13-21-10-9-14-5-2-3-8-17(14)21/h2-11,18,22H,12-13H2,1H3,(H,20,23). The molecule has 2 aromatic carbocycles. The number of carbonyl (C=O) groups is 1. The van der Waals surface area contributed by atoms with E-state index in [1.165, 1.54) is 0 Å². The van der Waals surface area contributed by atoms with E-state index in [0.717, 1.165) is 10.9 Å². The number of aromatic nitrogens is 1. The minimum Gasteiger partial charge on any atom is -0.497 e. The van der Waals surface area contributed by atoms with Crippen molar-refractivity contribution in [3.05, 3.63) is 66.4 Å². The lowest BCUT2D eigenvalue weighted by atomic mass is 10.1. The van der Waals surface area contributed by atoms with Crippen molar-refractivity contribution in [3.63, 3.8) is 0 Å². The van der Waals surface area contributed by atoms with Gasteiger partial charge in [0.05, 0.1) is 13.2 Å². The Balaban J connectivity index is 1.59. The van der Waals surface area contributed by atoms with Crippen LogP contribution < -0.4 is 10.1 Å². The van der Waals surface area contributed by atoms with E-state index in [2.05, 4.69) is 5.32 Å². The number of ether oxygens (including phenoxy) is 1. The lowest BCUT2D eigenvalue weighted by molar-refractivity contribution is -0.122. The number of aliphatic hydroxyl groups is 1. The molecule has 1 unspecified atom stereocenters. The average Bonchev–Trinajstić information content (AvgIpc) is 3.03. The van der Waals surface area contributed by atoms with Crippen molar-refractivity contribution < 1.29 is 14.6 Å². The fourth-order valence-electron chi connectivity index (χ4n) is 2.67. The van der Waals surface area contributed by atoms with Gasteiger partial charge in [-0.2, -0.15) is 0 Å². The molecule has 0 spiro atoms. The molecule has 2 N–H and O–H groups in total. The molecule has 0 fully saturated rings. The van der Waals surface area contributed by atoms with Crippen LogP contribution in [0.15, 0.2) is 60.8 Å². The molecule has 0 saturated heterocycles. The van der Waals surface area contributed by atoms with Crippen molar-refractivity contribution in [2.45, 2.75) is 12.6 Å². The zero-order valence-corrected chi connectivity index (χ0v) is 13.5. The molecule has 1 amide bonds. The molecule has 0 saturated carbocycles. The number of carbonyl (C=O) groups excluding carboxylic acids is 1. The number of nitrogens with one attached hydrogen (secondary N) is 1. The first-order chi connectivity index (χ1) is 11.7. The highest BCUT2D eigenvalue weighted by molar-refractivity contribution is 5.83. The fraction of sp³-hybridized carbons (Fsp3) is 0.211. The molecule has 124 valence electrons. The Morgan fingerprint density at radius 3 is 2.88 bits per heavy atom. The molecule has 3 aromatic rings. The first-order valence-electron chi connectivity index (χ1n) is 7.80. The van der Waals surface area contributed by atoms with E-state index in [1.54, 1.807) is 19.2 Å². The lowest BCUT2D eigenvalue weighted by Crippen LogP contribution is -2.31. The van der Waals surface area contributed by atoms with Crippen LogP contribution in [0.4, 0.5) is 0 Å². The van der Waals surface area contributed by atoms with Crippen LogP contribution in [0.25, 0.3) is 10.9 Å². The summed E-state index contributed by atoms with van der Waals surface area (Å²) in [5.74, 6) is 0.537. The van der Waals surface area contributed by atoms with Crippen LogP contribution in [-0.4, -0.2) is 29.2 Å². The number of fused-ring (bicyclic) bond motifs is 1. The highest BCUT2D eigenvalue weighted by Gasteiger charge is 2.11. The number of benzene rings is 2. The van der Waals surface area contributed by atoms with Crippen LogP contribution in [-0.2, 0) is 11.3 Å². The van der Waals surface area contributed by atoms with E-state index in [9.17, 15) is 9.90 Å². The molecule has 1 heterocycles. The molecule has 1 aromatic heterocycles. The van der Waals surface area contributed by atoms with Crippen molar-refractivity contribution in [3.8, 4) is 5.75 Å². The van der Waals surface area contributed by atoms with Crippen molar-refractivity contribution in [2.75, 3.05) is 13.7 Å². The third-order valence-corrected chi connectivity index (χ3v) is 3.97. The third kappa shape index (κ3) is 3.58. The molecular weight excluding hydrogens is 304 g/mol. The number of aliphatic hydroxyl groups excluding tert-OH is 1. The minimum absolute atomic E-state index is 0.140. The highest BCUT2D eigenvalue weighted by atomic mass is 16.5. The van der Waals surface area contributed by atoms with E-state index in [1.807, 2.05) is 53.2 Å². The largest absolute Gasteiger partial charge is 0.497 e. The Labute approximate surface area is 140 Å². The minimum atomic E-state index is -0.773. The van der Waals surface area contributed by atoms with Crippen LogP contribution in [0.2, 0.25) is 0 Å². The summed E-state index contributed by atoms with van der Waals surface area (Å²) in [7, 11) is 1.58. The van der Waals surface area contributed by atoms with Crippen LogP contribution >= 0.6 is 0 Å². The Bertz CT molecular complexity index is 841. The summed E-state index contributed by atoms with van der Waals surface area (Å²) in [5, 5.41) is 14.1. The normalized spacial score (nSPS) is 12.1. The molecule has 0 aliphatic heterocycles. The number of methoxy groups -OCH3 is 1. The zero-order valence-electron chi connectivity index (χ0n) is 13.5. The van der Waals surface area contributed by atoms with E-state index in [4.69, 9.17) is 4.74 Å². The Morgan fingerprint density at radius 2 is 2.04 bits per heavy atom. The van der Waals surface area contributed by atoms with Gasteiger partial charge in [-0.15, -0.1) is 0 Å². The predicted octanol–water partition coefficient (Wildman–Crippen LogP) is 2.50. The van der Waals surface area contributed by atoms with Crippen LogP contribution in [0.5, 0.6) is 5.75 Å². The number of nitrogens with zero attached hydrogens (tertiary/aromatic N) is 1. The summed E-state index contributed by atoms with van der Waals surface area (Å²) >= 11 is 0. The molecule has 5 heteroatoms. The summed E-state index contributed by atoms with van der Waals surface area (Å²) in [6.45, 7) is 0.379. The first-order valence-corrected chi connectivity index (χ1v) is 7.80. The monoisotopic (exact) mass is 324 g/mol. The highest BCUT2D eigenvalue weighted by Crippen LogP contribution is 2.18. The van der Waals surface area contributed by atoms with E-state index >= 15 is 0 Å². The molecule has 1 atom stereocenters.